The smallest absolute Gasteiger partial charge is 0.159 e. The molecule has 100 valence electrons. The monoisotopic (exact) mass is 265 g/mol. The van der Waals surface area contributed by atoms with Gasteiger partial charge in [-0.3, -0.25) is 4.79 Å². The molecule has 2 atom stereocenters. The van der Waals surface area contributed by atoms with Crippen molar-refractivity contribution >= 4 is 5.78 Å². The number of rotatable bonds is 3. The molecular formula is C14H13F2NO2. The van der Waals surface area contributed by atoms with Gasteiger partial charge >= 0.3 is 0 Å². The van der Waals surface area contributed by atoms with Gasteiger partial charge in [0, 0.05) is 18.6 Å². The molecule has 19 heavy (non-hydrogen) atoms. The number of carbonyl (C=O) groups is 1. The van der Waals surface area contributed by atoms with Crippen LogP contribution < -0.4 is 0 Å². The summed E-state index contributed by atoms with van der Waals surface area (Å²) in [7, 11) is 0. The minimum absolute atomic E-state index is 0.0653. The molecule has 3 nitrogen and oxygen atoms in total. The molecule has 1 aliphatic rings. The van der Waals surface area contributed by atoms with Gasteiger partial charge in [0.1, 0.15) is 17.6 Å². The molecular weight excluding hydrogens is 252 g/mol. The fourth-order valence-corrected chi connectivity index (χ4v) is 2.25. The third-order valence-corrected chi connectivity index (χ3v) is 3.19. The van der Waals surface area contributed by atoms with Gasteiger partial charge in [-0.1, -0.05) is 0 Å². The lowest BCUT2D eigenvalue weighted by atomic mass is 9.85. The second-order valence-electron chi connectivity index (χ2n) is 4.58. The van der Waals surface area contributed by atoms with Crippen LogP contribution in [0.25, 0.3) is 0 Å². The molecule has 0 aromatic heterocycles. The fourth-order valence-electron chi connectivity index (χ4n) is 2.25. The second kappa shape index (κ2) is 5.89. The molecule has 1 saturated heterocycles. The maximum atomic E-state index is 13.1. The van der Waals surface area contributed by atoms with Crippen LogP contribution in [0.1, 0.15) is 24.3 Å². The van der Waals surface area contributed by atoms with E-state index >= 15 is 0 Å². The summed E-state index contributed by atoms with van der Waals surface area (Å²) < 4.78 is 31.5. The predicted octanol–water partition coefficient (Wildman–Crippen LogP) is 2.57. The minimum Gasteiger partial charge on any atom is -0.381 e. The summed E-state index contributed by atoms with van der Waals surface area (Å²) in [5.74, 6) is -3.42. The zero-order valence-corrected chi connectivity index (χ0v) is 10.2. The topological polar surface area (TPSA) is 50.1 Å². The number of halogens is 2. The zero-order valence-electron chi connectivity index (χ0n) is 10.2. The van der Waals surface area contributed by atoms with Gasteiger partial charge in [-0.25, -0.2) is 8.78 Å². The molecule has 2 unspecified atom stereocenters. The summed E-state index contributed by atoms with van der Waals surface area (Å²) in [4.78, 5) is 12.2. The molecule has 2 rings (SSSR count). The number of carbonyl (C=O) groups excluding carboxylic acids is 1. The van der Waals surface area contributed by atoms with Gasteiger partial charge < -0.3 is 4.74 Å². The SMILES string of the molecule is N#CC(C(=O)C1CCCOC1)c1cc(F)cc(F)c1. The zero-order chi connectivity index (χ0) is 13.8. The van der Waals surface area contributed by atoms with Crippen LogP contribution in [0, 0.1) is 28.9 Å². The van der Waals surface area contributed by atoms with E-state index in [0.29, 0.717) is 19.1 Å². The van der Waals surface area contributed by atoms with E-state index in [1.165, 1.54) is 0 Å². The quantitative estimate of drug-likeness (QED) is 0.844. The summed E-state index contributed by atoms with van der Waals surface area (Å²) in [6, 6.07) is 4.60. The number of ether oxygens (including phenoxy) is 1. The number of hydrogen-bond donors (Lipinski definition) is 0. The van der Waals surface area contributed by atoms with E-state index in [-0.39, 0.29) is 23.9 Å². The first-order valence-electron chi connectivity index (χ1n) is 6.09. The van der Waals surface area contributed by atoms with Crippen molar-refractivity contribution in [1.29, 1.82) is 5.26 Å². The van der Waals surface area contributed by atoms with Crippen LogP contribution in [-0.4, -0.2) is 19.0 Å². The van der Waals surface area contributed by atoms with Crippen molar-refractivity contribution in [3.8, 4) is 6.07 Å². The lowest BCUT2D eigenvalue weighted by molar-refractivity contribution is -0.127. The van der Waals surface area contributed by atoms with Crippen molar-refractivity contribution in [2.45, 2.75) is 18.8 Å². The van der Waals surface area contributed by atoms with Crippen molar-refractivity contribution < 1.29 is 18.3 Å². The molecule has 1 aromatic rings. The molecule has 1 heterocycles. The summed E-state index contributed by atoms with van der Waals surface area (Å²) in [5.41, 5.74) is 0.0653. The van der Waals surface area contributed by atoms with Gasteiger partial charge in [-0.15, -0.1) is 0 Å². The van der Waals surface area contributed by atoms with Crippen LogP contribution in [0.4, 0.5) is 8.78 Å². The van der Waals surface area contributed by atoms with Crippen LogP contribution >= 0.6 is 0 Å². The number of nitrogens with zero attached hydrogens (tertiary/aromatic N) is 1. The maximum Gasteiger partial charge on any atom is 0.159 e. The highest BCUT2D eigenvalue weighted by atomic mass is 19.1. The molecule has 0 aliphatic carbocycles. The fraction of sp³-hybridized carbons (Fsp3) is 0.429. The number of benzene rings is 1. The average Bonchev–Trinajstić information content (AvgIpc) is 2.39. The summed E-state index contributed by atoms with van der Waals surface area (Å²) in [6.07, 6.45) is 1.40. The van der Waals surface area contributed by atoms with Gasteiger partial charge in [0.05, 0.1) is 12.7 Å². The van der Waals surface area contributed by atoms with Gasteiger partial charge in [-0.05, 0) is 30.5 Å². The Bertz CT molecular complexity index is 498. The van der Waals surface area contributed by atoms with Gasteiger partial charge in [-0.2, -0.15) is 5.26 Å². The van der Waals surface area contributed by atoms with Crippen molar-refractivity contribution in [2.75, 3.05) is 13.2 Å². The Labute approximate surface area is 109 Å². The Morgan fingerprint density at radius 1 is 1.37 bits per heavy atom. The Kier molecular flexibility index (Phi) is 4.23. The number of ketones is 1. The van der Waals surface area contributed by atoms with Gasteiger partial charge in [0.15, 0.2) is 5.78 Å². The van der Waals surface area contributed by atoms with Crippen molar-refractivity contribution in [3.05, 3.63) is 35.4 Å². The van der Waals surface area contributed by atoms with E-state index in [1.54, 1.807) is 0 Å². The second-order valence-corrected chi connectivity index (χ2v) is 4.58. The largest absolute Gasteiger partial charge is 0.381 e. The highest BCUT2D eigenvalue weighted by Gasteiger charge is 2.30. The number of Topliss-reactive ketones (excluding diaryl/α,β-unsaturated/α-hetero) is 1. The first-order chi connectivity index (χ1) is 9.11. The van der Waals surface area contributed by atoms with Crippen molar-refractivity contribution in [2.24, 2.45) is 5.92 Å². The van der Waals surface area contributed by atoms with Gasteiger partial charge in [0.25, 0.3) is 0 Å². The highest BCUT2D eigenvalue weighted by molar-refractivity contribution is 5.90. The third-order valence-electron chi connectivity index (χ3n) is 3.19. The van der Waals surface area contributed by atoms with Crippen LogP contribution in [-0.2, 0) is 9.53 Å². The summed E-state index contributed by atoms with van der Waals surface area (Å²) in [6.45, 7) is 0.879. The van der Waals surface area contributed by atoms with E-state index in [9.17, 15) is 13.6 Å². The standard InChI is InChI=1S/C14H13F2NO2/c15-11-4-10(5-12(16)6-11)13(7-17)14(18)9-2-1-3-19-8-9/h4-6,9,13H,1-3,8H2. The Morgan fingerprint density at radius 3 is 2.58 bits per heavy atom. The Morgan fingerprint density at radius 2 is 2.05 bits per heavy atom. The van der Waals surface area contributed by atoms with Crippen molar-refractivity contribution in [3.63, 3.8) is 0 Å². The molecule has 5 heteroatoms. The molecule has 1 fully saturated rings. The molecule has 0 radical (unpaired) electrons. The van der Waals surface area contributed by atoms with Crippen LogP contribution in [0.15, 0.2) is 18.2 Å². The Balaban J connectivity index is 2.23. The first-order valence-corrected chi connectivity index (χ1v) is 6.09. The molecule has 1 aliphatic heterocycles. The molecule has 0 spiro atoms. The molecule has 0 bridgehead atoms. The van der Waals surface area contributed by atoms with E-state index in [1.807, 2.05) is 6.07 Å². The number of hydrogen-bond acceptors (Lipinski definition) is 3. The van der Waals surface area contributed by atoms with Gasteiger partial charge in [0.2, 0.25) is 0 Å². The summed E-state index contributed by atoms with van der Waals surface area (Å²) >= 11 is 0. The van der Waals surface area contributed by atoms with Crippen LogP contribution in [0.5, 0.6) is 0 Å². The lowest BCUT2D eigenvalue weighted by Crippen LogP contribution is -2.29. The Hall–Kier alpha value is -1.80. The van der Waals surface area contributed by atoms with E-state index in [2.05, 4.69) is 0 Å². The van der Waals surface area contributed by atoms with Crippen molar-refractivity contribution in [1.82, 2.24) is 0 Å². The minimum atomic E-state index is -1.14. The van der Waals surface area contributed by atoms with E-state index in [0.717, 1.165) is 18.6 Å². The first kappa shape index (κ1) is 13.6. The molecule has 0 saturated carbocycles. The number of nitriles is 1. The van der Waals surface area contributed by atoms with Crippen LogP contribution in [0.2, 0.25) is 0 Å². The molecule has 1 aromatic carbocycles. The summed E-state index contributed by atoms with van der Waals surface area (Å²) in [5, 5.41) is 9.11. The lowest BCUT2D eigenvalue weighted by Gasteiger charge is -2.22. The predicted molar refractivity (Wildman–Crippen MR) is 63.3 cm³/mol. The highest BCUT2D eigenvalue weighted by Crippen LogP contribution is 2.26. The van der Waals surface area contributed by atoms with Crippen LogP contribution in [0.3, 0.4) is 0 Å². The molecule has 0 amide bonds. The normalized spacial score (nSPS) is 20.6. The average molecular weight is 265 g/mol. The van der Waals surface area contributed by atoms with E-state index < -0.39 is 17.6 Å². The van der Waals surface area contributed by atoms with E-state index in [4.69, 9.17) is 10.00 Å². The third kappa shape index (κ3) is 3.15. The maximum absolute atomic E-state index is 13.1. The molecule has 0 N–H and O–H groups in total.